The monoisotopic (exact) mass is 278 g/mol. The van der Waals surface area contributed by atoms with E-state index < -0.39 is 0 Å². The van der Waals surface area contributed by atoms with E-state index in [0.717, 1.165) is 26.2 Å². The molecule has 0 aromatic heterocycles. The second kappa shape index (κ2) is 6.33. The third-order valence-electron chi connectivity index (χ3n) is 3.71. The lowest BCUT2D eigenvalue weighted by Crippen LogP contribution is -2.49. The van der Waals surface area contributed by atoms with Crippen LogP contribution in [0.25, 0.3) is 0 Å². The highest BCUT2D eigenvalue weighted by molar-refractivity contribution is 7.80. The van der Waals surface area contributed by atoms with Gasteiger partial charge in [-0.2, -0.15) is 12.6 Å². The number of carbonyl (C=O) groups excluding carboxylic acids is 1. The van der Waals surface area contributed by atoms with Crippen molar-refractivity contribution in [3.8, 4) is 0 Å². The van der Waals surface area contributed by atoms with Gasteiger partial charge in [0.2, 0.25) is 5.91 Å². The molecular weight excluding hydrogens is 256 g/mol. The molecule has 0 bridgehead atoms. The van der Waals surface area contributed by atoms with Crippen molar-refractivity contribution in [2.24, 2.45) is 0 Å². The summed E-state index contributed by atoms with van der Waals surface area (Å²) in [4.78, 5) is 16.2. The molecule has 0 N–H and O–H groups in total. The molecule has 0 unspecified atom stereocenters. The number of para-hydroxylation sites is 1. The van der Waals surface area contributed by atoms with Crippen molar-refractivity contribution >= 4 is 24.2 Å². The number of benzene rings is 1. The summed E-state index contributed by atoms with van der Waals surface area (Å²) in [6.07, 6.45) is 0.548. The molecule has 0 radical (unpaired) electrons. The number of nitrogens with zero attached hydrogens (tertiary/aromatic N) is 2. The van der Waals surface area contributed by atoms with E-state index in [1.54, 1.807) is 0 Å². The summed E-state index contributed by atoms with van der Waals surface area (Å²) in [5, 5.41) is 0. The van der Waals surface area contributed by atoms with E-state index in [-0.39, 0.29) is 5.91 Å². The molecule has 19 heavy (non-hydrogen) atoms. The van der Waals surface area contributed by atoms with Crippen molar-refractivity contribution in [2.75, 3.05) is 36.8 Å². The summed E-state index contributed by atoms with van der Waals surface area (Å²) in [5.41, 5.74) is 3.97. The number of hydrogen-bond acceptors (Lipinski definition) is 3. The minimum atomic E-state index is 0.233. The fourth-order valence-corrected chi connectivity index (χ4v) is 2.93. The van der Waals surface area contributed by atoms with Gasteiger partial charge in [0.25, 0.3) is 0 Å². The Hall–Kier alpha value is -1.16. The van der Waals surface area contributed by atoms with Gasteiger partial charge in [0.1, 0.15) is 0 Å². The smallest absolute Gasteiger partial charge is 0.223 e. The van der Waals surface area contributed by atoms with Gasteiger partial charge in [-0.15, -0.1) is 0 Å². The molecule has 2 rings (SSSR count). The third-order valence-corrected chi connectivity index (χ3v) is 3.94. The quantitative estimate of drug-likeness (QED) is 0.858. The zero-order chi connectivity index (χ0) is 13.8. The molecule has 0 aliphatic carbocycles. The Morgan fingerprint density at radius 3 is 2.26 bits per heavy atom. The van der Waals surface area contributed by atoms with E-state index in [9.17, 15) is 4.79 Å². The predicted molar refractivity (Wildman–Crippen MR) is 83.2 cm³/mol. The Labute approximate surface area is 121 Å². The number of carbonyl (C=O) groups is 1. The summed E-state index contributed by atoms with van der Waals surface area (Å²) in [6, 6.07) is 6.40. The van der Waals surface area contributed by atoms with Crippen LogP contribution in [0.15, 0.2) is 18.2 Å². The normalized spacial score (nSPS) is 15.7. The van der Waals surface area contributed by atoms with Gasteiger partial charge in [-0.05, 0) is 30.7 Å². The lowest BCUT2D eigenvalue weighted by Gasteiger charge is -2.37. The van der Waals surface area contributed by atoms with Crippen LogP contribution in [0.2, 0.25) is 0 Å². The molecule has 1 aliphatic rings. The standard InChI is InChI=1S/C15H22N2OS/c1-12-4-3-5-13(2)15(12)17-9-7-16(8-10-17)14(18)6-11-19/h3-5,19H,6-11H2,1-2H3. The molecule has 0 saturated carbocycles. The Bertz CT molecular complexity index is 433. The van der Waals surface area contributed by atoms with Gasteiger partial charge >= 0.3 is 0 Å². The third kappa shape index (κ3) is 3.24. The summed E-state index contributed by atoms with van der Waals surface area (Å²) in [6.45, 7) is 7.79. The van der Waals surface area contributed by atoms with Crippen molar-refractivity contribution in [1.82, 2.24) is 4.90 Å². The number of rotatable bonds is 3. The number of amides is 1. The maximum Gasteiger partial charge on any atom is 0.223 e. The maximum atomic E-state index is 11.8. The molecule has 1 aromatic carbocycles. The molecule has 1 saturated heterocycles. The van der Waals surface area contributed by atoms with E-state index >= 15 is 0 Å². The van der Waals surface area contributed by atoms with E-state index in [2.05, 4.69) is 49.6 Å². The van der Waals surface area contributed by atoms with Gasteiger partial charge in [0.05, 0.1) is 0 Å². The van der Waals surface area contributed by atoms with Crippen LogP contribution in [-0.2, 0) is 4.79 Å². The molecule has 0 atom stereocenters. The topological polar surface area (TPSA) is 23.6 Å². The van der Waals surface area contributed by atoms with E-state index in [1.165, 1.54) is 16.8 Å². The summed E-state index contributed by atoms with van der Waals surface area (Å²) in [7, 11) is 0. The second-order valence-corrected chi connectivity index (χ2v) is 5.53. The van der Waals surface area contributed by atoms with Gasteiger partial charge in [-0.3, -0.25) is 4.79 Å². The average molecular weight is 278 g/mol. The number of thiol groups is 1. The molecule has 0 spiro atoms. The molecule has 1 amide bonds. The van der Waals surface area contributed by atoms with Crippen LogP contribution in [0.3, 0.4) is 0 Å². The molecule has 1 aliphatic heterocycles. The zero-order valence-electron chi connectivity index (χ0n) is 11.7. The first-order chi connectivity index (χ1) is 9.13. The Morgan fingerprint density at radius 2 is 1.74 bits per heavy atom. The molecular formula is C15H22N2OS. The minimum absolute atomic E-state index is 0.233. The first-order valence-electron chi connectivity index (χ1n) is 6.83. The molecule has 1 heterocycles. The number of piperazine rings is 1. The molecule has 104 valence electrons. The van der Waals surface area contributed by atoms with Gasteiger partial charge < -0.3 is 9.80 Å². The van der Waals surface area contributed by atoms with Crippen LogP contribution in [0, 0.1) is 13.8 Å². The number of aryl methyl sites for hydroxylation is 2. The van der Waals surface area contributed by atoms with E-state index in [0.29, 0.717) is 12.2 Å². The van der Waals surface area contributed by atoms with Crippen LogP contribution >= 0.6 is 12.6 Å². The van der Waals surface area contributed by atoms with Crippen LogP contribution in [0.4, 0.5) is 5.69 Å². The van der Waals surface area contributed by atoms with Crippen molar-refractivity contribution in [2.45, 2.75) is 20.3 Å². The van der Waals surface area contributed by atoms with Gasteiger partial charge in [-0.1, -0.05) is 18.2 Å². The van der Waals surface area contributed by atoms with Crippen LogP contribution in [0.1, 0.15) is 17.5 Å². The summed E-state index contributed by atoms with van der Waals surface area (Å²) >= 11 is 4.12. The van der Waals surface area contributed by atoms with Crippen molar-refractivity contribution in [3.63, 3.8) is 0 Å². The molecule has 1 aromatic rings. The Balaban J connectivity index is 2.02. The summed E-state index contributed by atoms with van der Waals surface area (Å²) < 4.78 is 0. The highest BCUT2D eigenvalue weighted by atomic mass is 32.1. The highest BCUT2D eigenvalue weighted by Crippen LogP contribution is 2.25. The average Bonchev–Trinajstić information content (AvgIpc) is 2.39. The highest BCUT2D eigenvalue weighted by Gasteiger charge is 2.22. The minimum Gasteiger partial charge on any atom is -0.368 e. The second-order valence-electron chi connectivity index (χ2n) is 5.08. The van der Waals surface area contributed by atoms with Crippen LogP contribution < -0.4 is 4.90 Å². The summed E-state index contributed by atoms with van der Waals surface area (Å²) in [5.74, 6) is 0.867. The fourth-order valence-electron chi connectivity index (χ4n) is 2.74. The largest absolute Gasteiger partial charge is 0.368 e. The number of hydrogen-bond donors (Lipinski definition) is 1. The molecule has 1 fully saturated rings. The van der Waals surface area contributed by atoms with Crippen molar-refractivity contribution in [1.29, 1.82) is 0 Å². The van der Waals surface area contributed by atoms with Gasteiger partial charge in [-0.25, -0.2) is 0 Å². The zero-order valence-corrected chi connectivity index (χ0v) is 12.6. The van der Waals surface area contributed by atoms with Crippen molar-refractivity contribution in [3.05, 3.63) is 29.3 Å². The van der Waals surface area contributed by atoms with Gasteiger partial charge in [0.15, 0.2) is 0 Å². The molecule has 4 heteroatoms. The lowest BCUT2D eigenvalue weighted by molar-refractivity contribution is -0.131. The SMILES string of the molecule is Cc1cccc(C)c1N1CCN(C(=O)CCS)CC1. The van der Waals surface area contributed by atoms with E-state index in [4.69, 9.17) is 0 Å². The lowest BCUT2D eigenvalue weighted by atomic mass is 10.1. The Morgan fingerprint density at radius 1 is 1.16 bits per heavy atom. The Kier molecular flexibility index (Phi) is 4.75. The number of anilines is 1. The van der Waals surface area contributed by atoms with Crippen LogP contribution in [-0.4, -0.2) is 42.7 Å². The maximum absolute atomic E-state index is 11.8. The van der Waals surface area contributed by atoms with Crippen LogP contribution in [0.5, 0.6) is 0 Å². The van der Waals surface area contributed by atoms with E-state index in [1.807, 2.05) is 4.90 Å². The van der Waals surface area contributed by atoms with Gasteiger partial charge in [0, 0.05) is 38.3 Å². The molecule has 3 nitrogen and oxygen atoms in total. The first-order valence-corrected chi connectivity index (χ1v) is 7.46. The first kappa shape index (κ1) is 14.3. The van der Waals surface area contributed by atoms with Crippen molar-refractivity contribution < 1.29 is 4.79 Å². The predicted octanol–water partition coefficient (Wildman–Crippen LogP) is 2.27. The fraction of sp³-hybridized carbons (Fsp3) is 0.533.